The van der Waals surface area contributed by atoms with Crippen LogP contribution >= 0.6 is 0 Å². The smallest absolute Gasteiger partial charge is 0.340 e. The Kier molecular flexibility index (Phi) is 4.28. The average molecular weight is 255 g/mol. The number of anilines is 1. The Balaban J connectivity index is 3.08. The highest BCUT2D eigenvalue weighted by Gasteiger charge is 2.14. The minimum atomic E-state index is -3.64. The van der Waals surface area contributed by atoms with Gasteiger partial charge in [-0.1, -0.05) is 18.7 Å². The fourth-order valence-electron chi connectivity index (χ4n) is 1.15. The number of hydrogen-bond acceptors (Lipinski definition) is 4. The highest BCUT2D eigenvalue weighted by Crippen LogP contribution is 2.17. The van der Waals surface area contributed by atoms with Crippen LogP contribution in [-0.2, 0) is 14.8 Å². The lowest BCUT2D eigenvalue weighted by Gasteiger charge is -2.09. The molecule has 0 aromatic heterocycles. The van der Waals surface area contributed by atoms with Crippen LogP contribution in [-0.4, -0.2) is 21.0 Å². The molecule has 1 aromatic carbocycles. The molecule has 0 fully saturated rings. The van der Waals surface area contributed by atoms with Gasteiger partial charge in [0.05, 0.1) is 17.9 Å². The Morgan fingerprint density at radius 2 is 2.12 bits per heavy atom. The zero-order valence-electron chi connectivity index (χ0n) is 9.34. The van der Waals surface area contributed by atoms with E-state index in [4.69, 9.17) is 4.74 Å². The predicted octanol–water partition coefficient (Wildman–Crippen LogP) is 1.75. The van der Waals surface area contributed by atoms with E-state index in [1.807, 2.05) is 0 Å². The zero-order valence-corrected chi connectivity index (χ0v) is 10.2. The molecule has 0 aliphatic rings. The van der Waals surface area contributed by atoms with Crippen LogP contribution in [0.5, 0.6) is 0 Å². The summed E-state index contributed by atoms with van der Waals surface area (Å²) in [6.45, 7) is 5.07. The molecule has 92 valence electrons. The van der Waals surface area contributed by atoms with Gasteiger partial charge in [-0.15, -0.1) is 0 Å². The van der Waals surface area contributed by atoms with Crippen LogP contribution in [0.25, 0.3) is 0 Å². The van der Waals surface area contributed by atoms with Crippen molar-refractivity contribution < 1.29 is 17.9 Å². The molecular formula is C11H13NO4S. The molecule has 0 saturated heterocycles. The van der Waals surface area contributed by atoms with Gasteiger partial charge in [-0.05, 0) is 19.1 Å². The number of sulfonamides is 1. The summed E-state index contributed by atoms with van der Waals surface area (Å²) in [5.74, 6) is -0.574. The van der Waals surface area contributed by atoms with Crippen molar-refractivity contribution in [2.45, 2.75) is 6.92 Å². The van der Waals surface area contributed by atoms with Gasteiger partial charge in [0.25, 0.3) is 10.0 Å². The molecule has 1 aromatic rings. The van der Waals surface area contributed by atoms with Crippen LogP contribution in [0, 0.1) is 0 Å². The lowest BCUT2D eigenvalue weighted by Crippen LogP contribution is -2.13. The normalized spacial score (nSPS) is 10.6. The van der Waals surface area contributed by atoms with Crippen LogP contribution < -0.4 is 4.72 Å². The Bertz CT molecular complexity index is 522. The Morgan fingerprint density at radius 3 is 2.71 bits per heavy atom. The van der Waals surface area contributed by atoms with Crippen molar-refractivity contribution in [3.05, 3.63) is 41.8 Å². The molecule has 6 heteroatoms. The average Bonchev–Trinajstić information content (AvgIpc) is 2.29. The fourth-order valence-corrected chi connectivity index (χ4v) is 1.72. The first kappa shape index (κ1) is 13.2. The second-order valence-electron chi connectivity index (χ2n) is 3.08. The summed E-state index contributed by atoms with van der Waals surface area (Å²) in [6, 6.07) is 6.20. The van der Waals surface area contributed by atoms with E-state index in [0.717, 1.165) is 5.41 Å². The maximum atomic E-state index is 11.6. The number of benzene rings is 1. The van der Waals surface area contributed by atoms with Gasteiger partial charge >= 0.3 is 5.97 Å². The van der Waals surface area contributed by atoms with E-state index in [1.165, 1.54) is 12.1 Å². The molecule has 0 bridgehead atoms. The van der Waals surface area contributed by atoms with Gasteiger partial charge in [-0.25, -0.2) is 13.2 Å². The largest absolute Gasteiger partial charge is 0.462 e. The number of hydrogen-bond donors (Lipinski definition) is 1. The number of carbonyl (C=O) groups excluding carboxylic acids is 1. The van der Waals surface area contributed by atoms with Crippen molar-refractivity contribution in [2.24, 2.45) is 0 Å². The molecule has 0 aliphatic carbocycles. The number of para-hydroxylation sites is 1. The number of carbonyl (C=O) groups is 1. The molecule has 0 saturated carbocycles. The fraction of sp³-hybridized carbons (Fsp3) is 0.182. The van der Waals surface area contributed by atoms with Gasteiger partial charge in [-0.2, -0.15) is 0 Å². The maximum Gasteiger partial charge on any atom is 0.340 e. The third kappa shape index (κ3) is 3.60. The third-order valence-electron chi connectivity index (χ3n) is 1.89. The van der Waals surface area contributed by atoms with Crippen molar-refractivity contribution in [1.82, 2.24) is 0 Å². The summed E-state index contributed by atoms with van der Waals surface area (Å²) in [4.78, 5) is 11.6. The third-order valence-corrected chi connectivity index (χ3v) is 2.84. The Labute approximate surface area is 100 Å². The number of nitrogens with one attached hydrogen (secondary N) is 1. The molecular weight excluding hydrogens is 242 g/mol. The van der Waals surface area contributed by atoms with E-state index >= 15 is 0 Å². The Hall–Kier alpha value is -1.82. The highest BCUT2D eigenvalue weighted by molar-refractivity contribution is 7.95. The molecule has 0 heterocycles. The number of ether oxygens (including phenoxy) is 1. The molecule has 5 nitrogen and oxygen atoms in total. The van der Waals surface area contributed by atoms with Crippen molar-refractivity contribution in [2.75, 3.05) is 11.3 Å². The standard InChI is InChI=1S/C11H13NO4S/c1-3-16-11(13)9-7-5-6-8-10(9)12-17(14,15)4-2/h4-8,12H,2-3H2,1H3. The molecule has 1 rings (SSSR count). The van der Waals surface area contributed by atoms with E-state index < -0.39 is 16.0 Å². The quantitative estimate of drug-likeness (QED) is 0.813. The molecule has 0 amide bonds. The van der Waals surface area contributed by atoms with Crippen molar-refractivity contribution >= 4 is 21.7 Å². The second kappa shape index (κ2) is 5.49. The molecule has 0 atom stereocenters. The SMILES string of the molecule is C=CS(=O)(=O)Nc1ccccc1C(=O)OCC. The maximum absolute atomic E-state index is 11.6. The topological polar surface area (TPSA) is 72.5 Å². The Morgan fingerprint density at radius 1 is 1.47 bits per heavy atom. The monoisotopic (exact) mass is 255 g/mol. The molecule has 0 radical (unpaired) electrons. The van der Waals surface area contributed by atoms with E-state index in [2.05, 4.69) is 11.3 Å². The van der Waals surface area contributed by atoms with Crippen LogP contribution in [0.15, 0.2) is 36.3 Å². The minimum Gasteiger partial charge on any atom is -0.462 e. The lowest BCUT2D eigenvalue weighted by atomic mass is 10.2. The van der Waals surface area contributed by atoms with Crippen LogP contribution in [0.1, 0.15) is 17.3 Å². The van der Waals surface area contributed by atoms with Gasteiger partial charge in [-0.3, -0.25) is 4.72 Å². The molecule has 17 heavy (non-hydrogen) atoms. The van der Waals surface area contributed by atoms with Crippen LogP contribution in [0.4, 0.5) is 5.69 Å². The first-order valence-corrected chi connectivity index (χ1v) is 6.46. The van der Waals surface area contributed by atoms with E-state index in [1.54, 1.807) is 19.1 Å². The summed E-state index contributed by atoms with van der Waals surface area (Å²) in [6.07, 6.45) is 0. The van der Waals surface area contributed by atoms with Crippen molar-refractivity contribution in [3.8, 4) is 0 Å². The van der Waals surface area contributed by atoms with Gasteiger partial charge in [0, 0.05) is 5.41 Å². The summed E-state index contributed by atoms with van der Waals surface area (Å²) in [7, 11) is -3.64. The van der Waals surface area contributed by atoms with Crippen molar-refractivity contribution in [1.29, 1.82) is 0 Å². The molecule has 0 spiro atoms. The predicted molar refractivity (Wildman–Crippen MR) is 65.1 cm³/mol. The summed E-state index contributed by atoms with van der Waals surface area (Å²) < 4.78 is 29.7. The van der Waals surface area contributed by atoms with Crippen LogP contribution in [0.3, 0.4) is 0 Å². The summed E-state index contributed by atoms with van der Waals surface area (Å²) in [5.41, 5.74) is 0.339. The van der Waals surface area contributed by atoms with E-state index in [9.17, 15) is 13.2 Å². The number of rotatable bonds is 5. The first-order chi connectivity index (χ1) is 8.00. The minimum absolute atomic E-state index is 0.166. The molecule has 0 aliphatic heterocycles. The molecule has 1 N–H and O–H groups in total. The van der Waals surface area contributed by atoms with Crippen molar-refractivity contribution in [3.63, 3.8) is 0 Å². The first-order valence-electron chi connectivity index (χ1n) is 4.91. The second-order valence-corrected chi connectivity index (χ2v) is 4.71. The molecule has 0 unspecified atom stereocenters. The summed E-state index contributed by atoms with van der Waals surface area (Å²) in [5, 5.41) is 0.773. The summed E-state index contributed by atoms with van der Waals surface area (Å²) >= 11 is 0. The van der Waals surface area contributed by atoms with Gasteiger partial charge < -0.3 is 4.74 Å². The van der Waals surface area contributed by atoms with E-state index in [0.29, 0.717) is 0 Å². The van der Waals surface area contributed by atoms with Gasteiger partial charge in [0.1, 0.15) is 0 Å². The zero-order chi connectivity index (χ0) is 12.9. The van der Waals surface area contributed by atoms with Gasteiger partial charge in [0.2, 0.25) is 0 Å². The van der Waals surface area contributed by atoms with Gasteiger partial charge in [0.15, 0.2) is 0 Å². The lowest BCUT2D eigenvalue weighted by molar-refractivity contribution is 0.0527. The van der Waals surface area contributed by atoms with Crippen LogP contribution in [0.2, 0.25) is 0 Å². The van der Waals surface area contributed by atoms with E-state index in [-0.39, 0.29) is 17.9 Å². The highest BCUT2D eigenvalue weighted by atomic mass is 32.2. The number of esters is 1.